The molecule has 3 N–H and O–H groups in total. The number of halogens is 1. The summed E-state index contributed by atoms with van der Waals surface area (Å²) >= 11 is 6.11. The quantitative estimate of drug-likeness (QED) is 0.825. The number of benzene rings is 1. The minimum absolute atomic E-state index is 0.175. The Kier molecular flexibility index (Phi) is 2.96. The SMILES string of the molecule is Cc1[nH]c2c(C)c(Cl)ccc2c1CC(C)N. The second-order valence-electron chi connectivity index (χ2n) is 4.50. The third-order valence-electron chi connectivity index (χ3n) is 3.02. The molecule has 2 aromatic rings. The molecular weight excluding hydrogens is 220 g/mol. The summed E-state index contributed by atoms with van der Waals surface area (Å²) in [5.41, 5.74) is 10.6. The monoisotopic (exact) mass is 236 g/mol. The van der Waals surface area contributed by atoms with Crippen LogP contribution in [0.4, 0.5) is 0 Å². The third-order valence-corrected chi connectivity index (χ3v) is 3.42. The van der Waals surface area contributed by atoms with Crippen molar-refractivity contribution in [3.8, 4) is 0 Å². The standard InChI is InChI=1S/C13H17ClN2/c1-7(15)6-11-9(3)16-13-8(2)12(14)5-4-10(11)13/h4-5,7,16H,6,15H2,1-3H3. The second kappa shape index (κ2) is 4.11. The molecule has 0 fully saturated rings. The summed E-state index contributed by atoms with van der Waals surface area (Å²) in [4.78, 5) is 3.40. The zero-order chi connectivity index (χ0) is 11.9. The fourth-order valence-electron chi connectivity index (χ4n) is 2.15. The highest BCUT2D eigenvalue weighted by Crippen LogP contribution is 2.29. The van der Waals surface area contributed by atoms with Gasteiger partial charge in [0.25, 0.3) is 0 Å². The number of aromatic amines is 1. The van der Waals surface area contributed by atoms with Crippen LogP contribution in [0.25, 0.3) is 10.9 Å². The maximum Gasteiger partial charge on any atom is 0.0503 e. The van der Waals surface area contributed by atoms with E-state index in [9.17, 15) is 0 Å². The second-order valence-corrected chi connectivity index (χ2v) is 4.91. The normalized spacial score (nSPS) is 13.3. The molecule has 1 heterocycles. The molecule has 2 nitrogen and oxygen atoms in total. The number of H-pyrrole nitrogens is 1. The van der Waals surface area contributed by atoms with Gasteiger partial charge in [-0.3, -0.25) is 0 Å². The number of hydrogen-bond donors (Lipinski definition) is 2. The zero-order valence-corrected chi connectivity index (χ0v) is 10.7. The molecule has 2 rings (SSSR count). The molecule has 0 aliphatic rings. The van der Waals surface area contributed by atoms with Crippen LogP contribution in [0.5, 0.6) is 0 Å². The van der Waals surface area contributed by atoms with Gasteiger partial charge < -0.3 is 10.7 Å². The molecule has 0 aliphatic carbocycles. The molecule has 1 atom stereocenters. The largest absolute Gasteiger partial charge is 0.358 e. The molecule has 0 saturated heterocycles. The van der Waals surface area contributed by atoms with Crippen LogP contribution in [-0.4, -0.2) is 11.0 Å². The van der Waals surface area contributed by atoms with Crippen molar-refractivity contribution in [1.29, 1.82) is 0 Å². The molecule has 0 amide bonds. The van der Waals surface area contributed by atoms with Crippen LogP contribution in [0.15, 0.2) is 12.1 Å². The maximum absolute atomic E-state index is 6.11. The third kappa shape index (κ3) is 1.83. The van der Waals surface area contributed by atoms with E-state index in [1.54, 1.807) is 0 Å². The molecule has 0 bridgehead atoms. The van der Waals surface area contributed by atoms with Crippen molar-refractivity contribution < 1.29 is 0 Å². The van der Waals surface area contributed by atoms with Gasteiger partial charge in [0.2, 0.25) is 0 Å². The number of fused-ring (bicyclic) bond motifs is 1. The first-order valence-corrected chi connectivity index (χ1v) is 5.90. The van der Waals surface area contributed by atoms with Crippen molar-refractivity contribution in [3.63, 3.8) is 0 Å². The lowest BCUT2D eigenvalue weighted by Crippen LogP contribution is -2.18. The van der Waals surface area contributed by atoms with Crippen LogP contribution in [-0.2, 0) is 6.42 Å². The summed E-state index contributed by atoms with van der Waals surface area (Å²) in [5.74, 6) is 0. The van der Waals surface area contributed by atoms with Gasteiger partial charge in [-0.05, 0) is 44.4 Å². The molecule has 1 aromatic heterocycles. The molecule has 1 unspecified atom stereocenters. The Balaban J connectivity index is 2.67. The lowest BCUT2D eigenvalue weighted by Gasteiger charge is -2.05. The number of hydrogen-bond acceptors (Lipinski definition) is 1. The van der Waals surface area contributed by atoms with Crippen LogP contribution in [0.3, 0.4) is 0 Å². The fourth-order valence-corrected chi connectivity index (χ4v) is 2.31. The van der Waals surface area contributed by atoms with Crippen LogP contribution >= 0.6 is 11.6 Å². The van der Waals surface area contributed by atoms with Crippen molar-refractivity contribution >= 4 is 22.5 Å². The van der Waals surface area contributed by atoms with E-state index in [-0.39, 0.29) is 6.04 Å². The first kappa shape index (κ1) is 11.5. The Morgan fingerprint density at radius 2 is 2.06 bits per heavy atom. The molecule has 0 spiro atoms. The zero-order valence-electron chi connectivity index (χ0n) is 9.89. The Morgan fingerprint density at radius 1 is 1.38 bits per heavy atom. The van der Waals surface area contributed by atoms with Gasteiger partial charge in [0, 0.05) is 22.1 Å². The van der Waals surface area contributed by atoms with Crippen LogP contribution in [0.1, 0.15) is 23.7 Å². The molecule has 0 aliphatic heterocycles. The van der Waals surface area contributed by atoms with E-state index in [2.05, 4.69) is 18.0 Å². The van der Waals surface area contributed by atoms with Gasteiger partial charge in [0.15, 0.2) is 0 Å². The summed E-state index contributed by atoms with van der Waals surface area (Å²) in [7, 11) is 0. The van der Waals surface area contributed by atoms with Gasteiger partial charge in [0.05, 0.1) is 5.52 Å². The number of aryl methyl sites for hydroxylation is 2. The van der Waals surface area contributed by atoms with Crippen molar-refractivity contribution in [3.05, 3.63) is 34.0 Å². The van der Waals surface area contributed by atoms with E-state index in [4.69, 9.17) is 17.3 Å². The fraction of sp³-hybridized carbons (Fsp3) is 0.385. The lowest BCUT2D eigenvalue weighted by molar-refractivity contribution is 0.738. The maximum atomic E-state index is 6.11. The van der Waals surface area contributed by atoms with Crippen molar-refractivity contribution in [2.24, 2.45) is 5.73 Å². The van der Waals surface area contributed by atoms with Gasteiger partial charge in [-0.15, -0.1) is 0 Å². The summed E-state index contributed by atoms with van der Waals surface area (Å²) in [6.45, 7) is 6.16. The smallest absolute Gasteiger partial charge is 0.0503 e. The Hall–Kier alpha value is -0.990. The van der Waals surface area contributed by atoms with Crippen molar-refractivity contribution in [2.75, 3.05) is 0 Å². The molecule has 0 saturated carbocycles. The Bertz CT molecular complexity index is 526. The summed E-state index contributed by atoms with van der Waals surface area (Å²) < 4.78 is 0. The molecule has 0 radical (unpaired) electrons. The lowest BCUT2D eigenvalue weighted by atomic mass is 10.0. The van der Waals surface area contributed by atoms with E-state index >= 15 is 0 Å². The van der Waals surface area contributed by atoms with Gasteiger partial charge in [0.1, 0.15) is 0 Å². The van der Waals surface area contributed by atoms with Crippen LogP contribution in [0, 0.1) is 13.8 Å². The average Bonchev–Trinajstić information content (AvgIpc) is 2.51. The van der Waals surface area contributed by atoms with E-state index in [1.165, 1.54) is 16.6 Å². The first-order valence-electron chi connectivity index (χ1n) is 5.52. The Morgan fingerprint density at radius 3 is 2.69 bits per heavy atom. The van der Waals surface area contributed by atoms with Crippen molar-refractivity contribution in [2.45, 2.75) is 33.2 Å². The number of nitrogens with two attached hydrogens (primary N) is 1. The molecule has 1 aromatic carbocycles. The summed E-state index contributed by atoms with van der Waals surface area (Å²) in [6, 6.07) is 4.21. The molecular formula is C13H17ClN2. The highest BCUT2D eigenvalue weighted by Gasteiger charge is 2.12. The van der Waals surface area contributed by atoms with E-state index < -0.39 is 0 Å². The van der Waals surface area contributed by atoms with Gasteiger partial charge in [-0.1, -0.05) is 17.7 Å². The van der Waals surface area contributed by atoms with Crippen LogP contribution < -0.4 is 5.73 Å². The van der Waals surface area contributed by atoms with E-state index in [0.717, 1.165) is 22.5 Å². The highest BCUT2D eigenvalue weighted by molar-refractivity contribution is 6.32. The van der Waals surface area contributed by atoms with E-state index in [0.29, 0.717) is 0 Å². The molecule has 3 heteroatoms. The van der Waals surface area contributed by atoms with Gasteiger partial charge in [-0.25, -0.2) is 0 Å². The summed E-state index contributed by atoms with van der Waals surface area (Å²) in [5, 5.41) is 2.05. The van der Waals surface area contributed by atoms with Gasteiger partial charge >= 0.3 is 0 Å². The number of aromatic nitrogens is 1. The minimum atomic E-state index is 0.175. The summed E-state index contributed by atoms with van der Waals surface area (Å²) in [6.07, 6.45) is 0.896. The predicted octanol–water partition coefficient (Wildman–Crippen LogP) is 3.33. The molecule has 16 heavy (non-hydrogen) atoms. The predicted molar refractivity (Wildman–Crippen MR) is 70.1 cm³/mol. The topological polar surface area (TPSA) is 41.8 Å². The minimum Gasteiger partial charge on any atom is -0.358 e. The average molecular weight is 237 g/mol. The molecule has 86 valence electrons. The van der Waals surface area contributed by atoms with Crippen molar-refractivity contribution in [1.82, 2.24) is 4.98 Å². The van der Waals surface area contributed by atoms with Crippen LogP contribution in [0.2, 0.25) is 5.02 Å². The van der Waals surface area contributed by atoms with Gasteiger partial charge in [-0.2, -0.15) is 0 Å². The van der Waals surface area contributed by atoms with E-state index in [1.807, 2.05) is 19.9 Å². The Labute approximate surface area is 101 Å². The highest BCUT2D eigenvalue weighted by atomic mass is 35.5. The number of nitrogens with one attached hydrogen (secondary N) is 1. The first-order chi connectivity index (χ1) is 7.50. The number of rotatable bonds is 2.